The number of Topliss-reactive ketones (excluding diaryl/α,β-unsaturated/α-hetero) is 1. The molecule has 0 aromatic heterocycles. The number of amides is 3. The molecule has 10 nitrogen and oxygen atoms in total. The van der Waals surface area contributed by atoms with Crippen LogP contribution in [0.1, 0.15) is 49.9 Å². The molecule has 6 N–H and O–H groups in total. The fraction of sp³-hybridized carbons (Fsp3) is 0.542. The van der Waals surface area contributed by atoms with Crippen LogP contribution in [0.25, 0.3) is 0 Å². The number of ketones is 1. The largest absolute Gasteiger partial charge is 0.370 e. The summed E-state index contributed by atoms with van der Waals surface area (Å²) in [5, 5.41) is 5.38. The number of nitrogens with zero attached hydrogens (tertiary/aromatic N) is 2. The number of alkyl halides is 1. The topological polar surface area (TPSA) is 160 Å². The molecule has 1 saturated heterocycles. The molecule has 1 fully saturated rings. The van der Waals surface area contributed by atoms with Crippen molar-refractivity contribution in [3.8, 4) is 0 Å². The number of hydrogen-bond acceptors (Lipinski definition) is 5. The van der Waals surface area contributed by atoms with Gasteiger partial charge in [-0.25, -0.2) is 4.39 Å². The highest BCUT2D eigenvalue weighted by Gasteiger charge is 2.39. The van der Waals surface area contributed by atoms with Gasteiger partial charge in [0.15, 0.2) is 11.7 Å². The van der Waals surface area contributed by atoms with Gasteiger partial charge in [0, 0.05) is 23.1 Å². The van der Waals surface area contributed by atoms with Gasteiger partial charge in [-0.3, -0.25) is 24.2 Å². The predicted octanol–water partition coefficient (Wildman–Crippen LogP) is 1.27. The summed E-state index contributed by atoms with van der Waals surface area (Å²) in [6.07, 6.45) is 1.50. The standard InChI is InChI=1S/C24H34BrFN6O4/c1-14(2)20(31-21(34)15-7-9-16(25)10-8-15)23(36)32-12-4-6-18(32)22(35)30-17(19(33)13-26)5-3-11-29-24(27)28/h7-10,14,17-18,20H,3-6,11-13H2,1-2H3,(H,30,35)(H,31,34)(H4,27,28,29)/t17-,18-,20-/m0/s1. The maximum Gasteiger partial charge on any atom is 0.251 e. The van der Waals surface area contributed by atoms with Crippen LogP contribution in [0.4, 0.5) is 4.39 Å². The van der Waals surface area contributed by atoms with Crippen molar-refractivity contribution >= 4 is 45.4 Å². The van der Waals surface area contributed by atoms with Crippen LogP contribution < -0.4 is 22.1 Å². The van der Waals surface area contributed by atoms with Crippen LogP contribution in [0.5, 0.6) is 0 Å². The van der Waals surface area contributed by atoms with Gasteiger partial charge in [0.05, 0.1) is 6.04 Å². The molecule has 1 heterocycles. The van der Waals surface area contributed by atoms with E-state index in [9.17, 15) is 23.6 Å². The number of carbonyl (C=O) groups is 4. The molecule has 1 aliphatic rings. The van der Waals surface area contributed by atoms with Crippen molar-refractivity contribution < 1.29 is 23.6 Å². The van der Waals surface area contributed by atoms with Gasteiger partial charge in [-0.05, 0) is 55.9 Å². The maximum absolute atomic E-state index is 13.4. The summed E-state index contributed by atoms with van der Waals surface area (Å²) >= 11 is 3.32. The molecule has 36 heavy (non-hydrogen) atoms. The Morgan fingerprint density at radius 2 is 1.83 bits per heavy atom. The zero-order chi connectivity index (χ0) is 26.8. The van der Waals surface area contributed by atoms with E-state index in [1.807, 2.05) is 13.8 Å². The molecule has 1 aromatic rings. The third-order valence-corrected chi connectivity index (χ3v) is 6.48. The first-order valence-electron chi connectivity index (χ1n) is 11.9. The van der Waals surface area contributed by atoms with Crippen molar-refractivity contribution in [2.24, 2.45) is 22.4 Å². The summed E-state index contributed by atoms with van der Waals surface area (Å²) in [6.45, 7) is 2.96. The SMILES string of the molecule is CC(C)[C@H](NC(=O)c1ccc(Br)cc1)C(=O)N1CCC[C@H]1C(=O)N[C@@H](CCCN=C(N)N)C(=O)CF. The van der Waals surface area contributed by atoms with Crippen LogP contribution >= 0.6 is 15.9 Å². The van der Waals surface area contributed by atoms with E-state index in [4.69, 9.17) is 11.5 Å². The molecule has 1 aliphatic heterocycles. The molecule has 0 aliphatic carbocycles. The Kier molecular flexibility index (Phi) is 11.3. The number of aliphatic imine (C=N–C) groups is 1. The van der Waals surface area contributed by atoms with E-state index >= 15 is 0 Å². The number of nitrogens with one attached hydrogen (secondary N) is 2. The van der Waals surface area contributed by atoms with E-state index in [2.05, 4.69) is 31.6 Å². The lowest BCUT2D eigenvalue weighted by molar-refractivity contribution is -0.141. The Morgan fingerprint density at radius 1 is 1.17 bits per heavy atom. The lowest BCUT2D eigenvalue weighted by Crippen LogP contribution is -2.56. The van der Waals surface area contributed by atoms with Gasteiger partial charge in [-0.15, -0.1) is 0 Å². The minimum absolute atomic E-state index is 0.0977. The third-order valence-electron chi connectivity index (χ3n) is 5.95. The molecule has 3 atom stereocenters. The highest BCUT2D eigenvalue weighted by molar-refractivity contribution is 9.10. The van der Waals surface area contributed by atoms with E-state index in [-0.39, 0.29) is 30.8 Å². The van der Waals surface area contributed by atoms with Crippen molar-refractivity contribution in [2.75, 3.05) is 19.8 Å². The van der Waals surface area contributed by atoms with Gasteiger partial charge >= 0.3 is 0 Å². The van der Waals surface area contributed by atoms with E-state index in [0.29, 0.717) is 31.4 Å². The fourth-order valence-electron chi connectivity index (χ4n) is 4.00. The van der Waals surface area contributed by atoms with Crippen molar-refractivity contribution in [2.45, 2.75) is 57.7 Å². The molecule has 12 heteroatoms. The fourth-order valence-corrected chi connectivity index (χ4v) is 4.26. The van der Waals surface area contributed by atoms with E-state index < -0.39 is 42.4 Å². The van der Waals surface area contributed by atoms with Crippen LogP contribution in [0.15, 0.2) is 33.7 Å². The molecule has 2 rings (SSSR count). The van der Waals surface area contributed by atoms with Gasteiger partial charge in [0.25, 0.3) is 5.91 Å². The number of hydrogen-bond donors (Lipinski definition) is 4. The average molecular weight is 569 g/mol. The first kappa shape index (κ1) is 29.2. The molecule has 0 bridgehead atoms. The van der Waals surface area contributed by atoms with Gasteiger partial charge in [-0.2, -0.15) is 0 Å². The van der Waals surface area contributed by atoms with Crippen LogP contribution in [0.3, 0.4) is 0 Å². The zero-order valence-corrected chi connectivity index (χ0v) is 22.1. The number of nitrogens with two attached hydrogens (primary N) is 2. The summed E-state index contributed by atoms with van der Waals surface area (Å²) in [6, 6.07) is 4.02. The van der Waals surface area contributed by atoms with Crippen molar-refractivity contribution in [3.63, 3.8) is 0 Å². The number of benzene rings is 1. The summed E-state index contributed by atoms with van der Waals surface area (Å²) in [5.74, 6) is -2.41. The third kappa shape index (κ3) is 8.28. The normalized spacial score (nSPS) is 16.8. The Bertz CT molecular complexity index is 968. The number of guanidine groups is 1. The highest BCUT2D eigenvalue weighted by Crippen LogP contribution is 2.21. The van der Waals surface area contributed by atoms with E-state index in [0.717, 1.165) is 4.47 Å². The Labute approximate surface area is 218 Å². The average Bonchev–Trinajstić information content (AvgIpc) is 3.33. The molecule has 0 spiro atoms. The van der Waals surface area contributed by atoms with Crippen LogP contribution in [-0.4, -0.2) is 72.3 Å². The van der Waals surface area contributed by atoms with Gasteiger partial charge in [-0.1, -0.05) is 29.8 Å². The predicted molar refractivity (Wildman–Crippen MR) is 138 cm³/mol. The lowest BCUT2D eigenvalue weighted by atomic mass is 10.0. The molecule has 1 aromatic carbocycles. The van der Waals surface area contributed by atoms with Crippen molar-refractivity contribution in [3.05, 3.63) is 34.3 Å². The molecular weight excluding hydrogens is 535 g/mol. The number of rotatable bonds is 12. The second kappa shape index (κ2) is 13.9. The second-order valence-corrected chi connectivity index (χ2v) is 9.92. The van der Waals surface area contributed by atoms with Crippen LogP contribution in [-0.2, 0) is 14.4 Å². The summed E-state index contributed by atoms with van der Waals surface area (Å²) in [7, 11) is 0. The Morgan fingerprint density at radius 3 is 2.42 bits per heavy atom. The second-order valence-electron chi connectivity index (χ2n) is 9.00. The molecule has 0 unspecified atom stereocenters. The molecule has 0 saturated carbocycles. The smallest absolute Gasteiger partial charge is 0.251 e. The first-order valence-corrected chi connectivity index (χ1v) is 12.7. The monoisotopic (exact) mass is 568 g/mol. The van der Waals surface area contributed by atoms with E-state index in [1.165, 1.54) is 4.90 Å². The summed E-state index contributed by atoms with van der Waals surface area (Å²) in [4.78, 5) is 56.6. The number of likely N-dealkylation sites (tertiary alicyclic amines) is 1. The Balaban J connectivity index is 2.09. The molecule has 198 valence electrons. The van der Waals surface area contributed by atoms with E-state index in [1.54, 1.807) is 24.3 Å². The van der Waals surface area contributed by atoms with Crippen molar-refractivity contribution in [1.29, 1.82) is 0 Å². The molecule has 0 radical (unpaired) electrons. The molecular formula is C24H34BrFN6O4. The lowest BCUT2D eigenvalue weighted by Gasteiger charge is -2.31. The van der Waals surface area contributed by atoms with Crippen molar-refractivity contribution in [1.82, 2.24) is 15.5 Å². The Hall–Kier alpha value is -3.02. The summed E-state index contributed by atoms with van der Waals surface area (Å²) in [5.41, 5.74) is 11.0. The quantitative estimate of drug-likeness (QED) is 0.169. The van der Waals surface area contributed by atoms with Gasteiger partial charge in [0.2, 0.25) is 11.8 Å². The zero-order valence-electron chi connectivity index (χ0n) is 20.5. The van der Waals surface area contributed by atoms with Gasteiger partial charge < -0.3 is 27.0 Å². The number of halogens is 2. The minimum atomic E-state index is -1.22. The highest BCUT2D eigenvalue weighted by atomic mass is 79.9. The maximum atomic E-state index is 13.4. The van der Waals surface area contributed by atoms with Crippen LogP contribution in [0.2, 0.25) is 0 Å². The van der Waals surface area contributed by atoms with Crippen LogP contribution in [0, 0.1) is 5.92 Å². The minimum Gasteiger partial charge on any atom is -0.370 e. The first-order chi connectivity index (χ1) is 17.0. The summed E-state index contributed by atoms with van der Waals surface area (Å²) < 4.78 is 13.9. The molecule has 3 amide bonds. The number of carbonyl (C=O) groups excluding carboxylic acids is 4. The van der Waals surface area contributed by atoms with Gasteiger partial charge in [0.1, 0.15) is 18.8 Å².